The van der Waals surface area contributed by atoms with Crippen LogP contribution in [-0.2, 0) is 4.74 Å². The Morgan fingerprint density at radius 1 is 1.42 bits per heavy atom. The highest BCUT2D eigenvalue weighted by molar-refractivity contribution is 5.94. The summed E-state index contributed by atoms with van der Waals surface area (Å²) >= 11 is 0. The van der Waals surface area contributed by atoms with Crippen LogP contribution in [0, 0.1) is 0 Å². The van der Waals surface area contributed by atoms with Crippen molar-refractivity contribution in [1.29, 1.82) is 0 Å². The maximum atomic E-state index is 11.7. The van der Waals surface area contributed by atoms with Crippen LogP contribution in [0.4, 0.5) is 5.69 Å². The van der Waals surface area contributed by atoms with E-state index in [-0.39, 0.29) is 5.91 Å². The van der Waals surface area contributed by atoms with Gasteiger partial charge in [0.2, 0.25) is 0 Å². The lowest BCUT2D eigenvalue weighted by molar-refractivity contribution is 0.0329. The minimum absolute atomic E-state index is 0.0745. The number of carbonyl (C=O) groups is 1. The van der Waals surface area contributed by atoms with E-state index in [1.807, 2.05) is 24.3 Å². The van der Waals surface area contributed by atoms with E-state index in [1.165, 1.54) is 0 Å². The number of carbonyl (C=O) groups excluding carboxylic acids is 1. The highest BCUT2D eigenvalue weighted by atomic mass is 16.5. The third-order valence-electron chi connectivity index (χ3n) is 3.35. The van der Waals surface area contributed by atoms with E-state index >= 15 is 0 Å². The highest BCUT2D eigenvalue weighted by Crippen LogP contribution is 2.26. The molecule has 4 nitrogen and oxygen atoms in total. The second-order valence-electron chi connectivity index (χ2n) is 4.75. The Morgan fingerprint density at radius 2 is 2.11 bits per heavy atom. The molecule has 1 aromatic carbocycles. The van der Waals surface area contributed by atoms with E-state index in [1.54, 1.807) is 13.2 Å². The molecule has 0 aliphatic heterocycles. The van der Waals surface area contributed by atoms with Crippen LogP contribution < -0.4 is 10.6 Å². The fraction of sp³-hybridized carbons (Fsp3) is 0.400. The maximum absolute atomic E-state index is 11.7. The van der Waals surface area contributed by atoms with Crippen molar-refractivity contribution in [3.05, 3.63) is 42.5 Å². The van der Waals surface area contributed by atoms with E-state index in [0.29, 0.717) is 24.3 Å². The third kappa shape index (κ3) is 3.58. The molecule has 0 heterocycles. The zero-order valence-electron chi connectivity index (χ0n) is 11.2. The zero-order valence-corrected chi connectivity index (χ0v) is 11.2. The number of ether oxygens (including phenoxy) is 1. The molecule has 1 aliphatic rings. The lowest BCUT2D eigenvalue weighted by atomic mass is 9.89. The number of anilines is 1. The second-order valence-corrected chi connectivity index (χ2v) is 4.75. The molecule has 0 saturated heterocycles. The molecule has 4 heteroatoms. The lowest BCUT2D eigenvalue weighted by Gasteiger charge is -2.35. The number of amides is 1. The van der Waals surface area contributed by atoms with Crippen molar-refractivity contribution < 1.29 is 9.53 Å². The van der Waals surface area contributed by atoms with Gasteiger partial charge in [0.05, 0.1) is 6.10 Å². The average Bonchev–Trinajstić information content (AvgIpc) is 2.40. The molecule has 0 spiro atoms. The van der Waals surface area contributed by atoms with Crippen molar-refractivity contribution in [2.75, 3.05) is 19.0 Å². The summed E-state index contributed by atoms with van der Waals surface area (Å²) in [6.45, 7) is 4.05. The van der Waals surface area contributed by atoms with Gasteiger partial charge in [-0.05, 0) is 37.1 Å². The van der Waals surface area contributed by atoms with Crippen LogP contribution in [0.3, 0.4) is 0 Å². The molecule has 2 N–H and O–H groups in total. The summed E-state index contributed by atoms with van der Waals surface area (Å²) in [5.41, 5.74) is 1.70. The summed E-state index contributed by atoms with van der Waals surface area (Å²) < 4.78 is 5.24. The van der Waals surface area contributed by atoms with Gasteiger partial charge < -0.3 is 15.4 Å². The normalized spacial score (nSPS) is 21.3. The topological polar surface area (TPSA) is 50.4 Å². The van der Waals surface area contributed by atoms with Crippen LogP contribution in [0.25, 0.3) is 0 Å². The molecular formula is C15H20N2O2. The predicted molar refractivity (Wildman–Crippen MR) is 76.4 cm³/mol. The number of nitrogens with one attached hydrogen (secondary N) is 2. The minimum Gasteiger partial charge on any atom is -0.382 e. The number of rotatable bonds is 6. The average molecular weight is 260 g/mol. The Balaban J connectivity index is 1.84. The van der Waals surface area contributed by atoms with Gasteiger partial charge in [-0.15, -0.1) is 6.58 Å². The van der Waals surface area contributed by atoms with Crippen LogP contribution in [-0.4, -0.2) is 31.7 Å². The monoisotopic (exact) mass is 260 g/mol. The van der Waals surface area contributed by atoms with Crippen molar-refractivity contribution in [1.82, 2.24) is 5.32 Å². The van der Waals surface area contributed by atoms with E-state index < -0.39 is 0 Å². The number of methoxy groups -OCH3 is 1. The summed E-state index contributed by atoms with van der Waals surface area (Å²) in [4.78, 5) is 11.7. The molecular weight excluding hydrogens is 240 g/mol. The molecule has 2 rings (SSSR count). The molecule has 1 aromatic rings. The molecule has 1 amide bonds. The highest BCUT2D eigenvalue weighted by Gasteiger charge is 2.28. The molecule has 0 atom stereocenters. The van der Waals surface area contributed by atoms with E-state index in [4.69, 9.17) is 4.74 Å². The van der Waals surface area contributed by atoms with Crippen LogP contribution in [0.15, 0.2) is 36.9 Å². The van der Waals surface area contributed by atoms with Crippen LogP contribution in [0.2, 0.25) is 0 Å². The van der Waals surface area contributed by atoms with Gasteiger partial charge in [0, 0.05) is 30.9 Å². The smallest absolute Gasteiger partial charge is 0.251 e. The molecule has 1 aliphatic carbocycles. The summed E-state index contributed by atoms with van der Waals surface area (Å²) in [5, 5.41) is 6.17. The largest absolute Gasteiger partial charge is 0.382 e. The zero-order chi connectivity index (χ0) is 13.7. The fourth-order valence-electron chi connectivity index (χ4n) is 2.10. The van der Waals surface area contributed by atoms with E-state index in [9.17, 15) is 4.79 Å². The van der Waals surface area contributed by atoms with Crippen molar-refractivity contribution >= 4 is 11.6 Å². The van der Waals surface area contributed by atoms with Crippen LogP contribution in [0.1, 0.15) is 23.2 Å². The van der Waals surface area contributed by atoms with E-state index in [0.717, 1.165) is 18.5 Å². The second kappa shape index (κ2) is 6.38. The first-order valence-corrected chi connectivity index (χ1v) is 6.51. The summed E-state index contributed by atoms with van der Waals surface area (Å²) in [6, 6.07) is 8.00. The summed E-state index contributed by atoms with van der Waals surface area (Å²) in [5.74, 6) is -0.0745. The lowest BCUT2D eigenvalue weighted by Crippen LogP contribution is -2.40. The Morgan fingerprint density at radius 3 is 2.68 bits per heavy atom. The first kappa shape index (κ1) is 13.6. The van der Waals surface area contributed by atoms with Gasteiger partial charge >= 0.3 is 0 Å². The first-order valence-electron chi connectivity index (χ1n) is 6.51. The molecule has 0 aromatic heterocycles. The fourth-order valence-corrected chi connectivity index (χ4v) is 2.10. The third-order valence-corrected chi connectivity index (χ3v) is 3.35. The Kier molecular flexibility index (Phi) is 4.58. The van der Waals surface area contributed by atoms with Gasteiger partial charge in [0.1, 0.15) is 0 Å². The molecule has 102 valence electrons. The quantitative estimate of drug-likeness (QED) is 0.771. The predicted octanol–water partition coefficient (Wildman–Crippen LogP) is 2.19. The van der Waals surface area contributed by atoms with Crippen LogP contribution in [0.5, 0.6) is 0 Å². The van der Waals surface area contributed by atoms with E-state index in [2.05, 4.69) is 17.2 Å². The van der Waals surface area contributed by atoms with Gasteiger partial charge in [-0.25, -0.2) is 0 Å². The molecule has 0 bridgehead atoms. The SMILES string of the molecule is C=CCNC(=O)c1ccc(NC2CC(OC)C2)cc1. The van der Waals surface area contributed by atoms with Crippen molar-refractivity contribution in [2.24, 2.45) is 0 Å². The Bertz CT molecular complexity index is 436. The van der Waals surface area contributed by atoms with Crippen LogP contribution >= 0.6 is 0 Å². The Labute approximate surface area is 113 Å². The maximum Gasteiger partial charge on any atom is 0.251 e. The molecule has 0 radical (unpaired) electrons. The van der Waals surface area contributed by atoms with Gasteiger partial charge in [-0.3, -0.25) is 4.79 Å². The minimum atomic E-state index is -0.0745. The first-order chi connectivity index (χ1) is 9.22. The molecule has 0 unspecified atom stereocenters. The number of hydrogen-bond donors (Lipinski definition) is 2. The molecule has 1 saturated carbocycles. The van der Waals surface area contributed by atoms with Gasteiger partial charge in [0.15, 0.2) is 0 Å². The van der Waals surface area contributed by atoms with Gasteiger partial charge in [-0.2, -0.15) is 0 Å². The molecule has 19 heavy (non-hydrogen) atoms. The summed E-state index contributed by atoms with van der Waals surface area (Å²) in [6.07, 6.45) is 4.13. The molecule has 1 fully saturated rings. The van der Waals surface area contributed by atoms with Crippen molar-refractivity contribution in [3.8, 4) is 0 Å². The van der Waals surface area contributed by atoms with Gasteiger partial charge in [0.25, 0.3) is 5.91 Å². The standard InChI is InChI=1S/C15H20N2O2/c1-3-8-16-15(18)11-4-6-12(7-5-11)17-13-9-14(10-13)19-2/h3-7,13-14,17H,1,8-10H2,2H3,(H,16,18). The Hall–Kier alpha value is -1.81. The van der Waals surface area contributed by atoms with Gasteiger partial charge in [-0.1, -0.05) is 6.08 Å². The van der Waals surface area contributed by atoms with Crippen molar-refractivity contribution in [2.45, 2.75) is 25.0 Å². The number of hydrogen-bond acceptors (Lipinski definition) is 3. The summed E-state index contributed by atoms with van der Waals surface area (Å²) in [7, 11) is 1.75. The number of benzene rings is 1. The van der Waals surface area contributed by atoms with Crippen molar-refractivity contribution in [3.63, 3.8) is 0 Å².